The largest absolute Gasteiger partial charge is 0.490 e. The van der Waals surface area contributed by atoms with Gasteiger partial charge in [-0.1, -0.05) is 42.0 Å². The van der Waals surface area contributed by atoms with E-state index in [2.05, 4.69) is 70.2 Å². The number of hydrogen-bond donors (Lipinski definition) is 0. The van der Waals surface area contributed by atoms with E-state index in [9.17, 15) is 0 Å². The molecule has 0 aliphatic rings. The van der Waals surface area contributed by atoms with Crippen molar-refractivity contribution >= 4 is 16.8 Å². The Hall–Kier alpha value is -1.76. The number of ether oxygens (including phenoxy) is 1. The van der Waals surface area contributed by atoms with Gasteiger partial charge in [0.2, 0.25) is 0 Å². The van der Waals surface area contributed by atoms with Crippen LogP contribution in [-0.2, 0) is 0 Å². The van der Waals surface area contributed by atoms with Gasteiger partial charge in [-0.3, -0.25) is 0 Å². The van der Waals surface area contributed by atoms with Crippen LogP contribution < -0.4 is 4.74 Å². The van der Waals surface area contributed by atoms with Crippen molar-refractivity contribution in [1.82, 2.24) is 0 Å². The monoisotopic (exact) mass is 240 g/mol. The van der Waals surface area contributed by atoms with Crippen LogP contribution in [0.2, 0.25) is 0 Å². The van der Waals surface area contributed by atoms with E-state index in [-0.39, 0.29) is 6.10 Å². The molecular formula is C17H20O. The maximum Gasteiger partial charge on any atom is 0.127 e. The van der Waals surface area contributed by atoms with Gasteiger partial charge in [-0.2, -0.15) is 0 Å². The fraction of sp³-hybridized carbons (Fsp3) is 0.294. The number of hydrogen-bond acceptors (Lipinski definition) is 1. The van der Waals surface area contributed by atoms with Crippen molar-refractivity contribution in [2.24, 2.45) is 0 Å². The lowest BCUT2D eigenvalue weighted by Crippen LogP contribution is -2.06. The van der Waals surface area contributed by atoms with Gasteiger partial charge < -0.3 is 4.74 Å². The molecule has 1 nitrogen and oxygen atoms in total. The standard InChI is InChI=1S/C17H20O/c1-12(2)11-16-15-8-6-5-7-14(15)9-10-17(16)18-13(3)4/h5-11,13H,1-4H3. The molecule has 0 saturated carbocycles. The predicted molar refractivity (Wildman–Crippen MR) is 79.0 cm³/mol. The van der Waals surface area contributed by atoms with Gasteiger partial charge in [0.05, 0.1) is 6.10 Å². The van der Waals surface area contributed by atoms with Gasteiger partial charge in [-0.05, 0) is 44.5 Å². The van der Waals surface area contributed by atoms with E-state index in [4.69, 9.17) is 4.74 Å². The second-order valence-electron chi connectivity index (χ2n) is 5.09. The minimum absolute atomic E-state index is 0.190. The summed E-state index contributed by atoms with van der Waals surface area (Å²) < 4.78 is 5.91. The average Bonchev–Trinajstić information content (AvgIpc) is 2.31. The number of rotatable bonds is 3. The van der Waals surface area contributed by atoms with Crippen molar-refractivity contribution in [3.8, 4) is 5.75 Å². The van der Waals surface area contributed by atoms with Crippen LogP contribution >= 0.6 is 0 Å². The zero-order valence-electron chi connectivity index (χ0n) is 11.5. The Kier molecular flexibility index (Phi) is 3.71. The first-order valence-electron chi connectivity index (χ1n) is 6.41. The summed E-state index contributed by atoms with van der Waals surface area (Å²) >= 11 is 0. The van der Waals surface area contributed by atoms with E-state index < -0.39 is 0 Å². The third-order valence-electron chi connectivity index (χ3n) is 2.73. The molecular weight excluding hydrogens is 220 g/mol. The average molecular weight is 240 g/mol. The highest BCUT2D eigenvalue weighted by atomic mass is 16.5. The maximum absolute atomic E-state index is 5.91. The van der Waals surface area contributed by atoms with Crippen molar-refractivity contribution in [2.45, 2.75) is 33.8 Å². The summed E-state index contributed by atoms with van der Waals surface area (Å²) in [5.74, 6) is 0.963. The first kappa shape index (κ1) is 12.7. The first-order valence-corrected chi connectivity index (χ1v) is 6.41. The minimum Gasteiger partial charge on any atom is -0.490 e. The molecule has 0 heterocycles. The summed E-state index contributed by atoms with van der Waals surface area (Å²) in [6, 6.07) is 12.6. The van der Waals surface area contributed by atoms with Gasteiger partial charge in [0, 0.05) is 5.56 Å². The van der Waals surface area contributed by atoms with E-state index in [1.54, 1.807) is 0 Å². The van der Waals surface area contributed by atoms with Gasteiger partial charge in [-0.15, -0.1) is 0 Å². The molecule has 0 bridgehead atoms. The number of benzene rings is 2. The van der Waals surface area contributed by atoms with Crippen LogP contribution in [0.25, 0.3) is 16.8 Å². The third kappa shape index (κ3) is 2.73. The maximum atomic E-state index is 5.91. The SMILES string of the molecule is CC(C)=Cc1c(OC(C)C)ccc2ccccc12. The molecule has 0 unspecified atom stereocenters. The summed E-state index contributed by atoms with van der Waals surface area (Å²) in [5, 5.41) is 2.50. The molecule has 0 spiro atoms. The predicted octanol–water partition coefficient (Wildman–Crippen LogP) is 5.05. The van der Waals surface area contributed by atoms with Crippen LogP contribution in [0.3, 0.4) is 0 Å². The van der Waals surface area contributed by atoms with Gasteiger partial charge in [-0.25, -0.2) is 0 Å². The Balaban J connectivity index is 2.67. The zero-order valence-corrected chi connectivity index (χ0v) is 11.5. The van der Waals surface area contributed by atoms with Crippen LogP contribution in [-0.4, -0.2) is 6.10 Å². The van der Waals surface area contributed by atoms with E-state index in [0.29, 0.717) is 0 Å². The Morgan fingerprint density at radius 2 is 1.78 bits per heavy atom. The molecule has 0 aliphatic carbocycles. The van der Waals surface area contributed by atoms with Gasteiger partial charge in [0.25, 0.3) is 0 Å². The highest BCUT2D eigenvalue weighted by Gasteiger charge is 2.07. The molecule has 0 aliphatic heterocycles. The van der Waals surface area contributed by atoms with Crippen LogP contribution in [0.15, 0.2) is 42.0 Å². The Bertz CT molecular complexity index is 575. The normalized spacial score (nSPS) is 10.7. The Morgan fingerprint density at radius 3 is 2.44 bits per heavy atom. The van der Waals surface area contributed by atoms with Crippen LogP contribution in [0.1, 0.15) is 33.3 Å². The molecule has 0 radical (unpaired) electrons. The molecule has 2 aromatic rings. The second kappa shape index (κ2) is 5.26. The van der Waals surface area contributed by atoms with Gasteiger partial charge in [0.15, 0.2) is 0 Å². The molecule has 2 rings (SSSR count). The fourth-order valence-electron chi connectivity index (χ4n) is 2.07. The summed E-state index contributed by atoms with van der Waals surface area (Å²) in [7, 11) is 0. The molecule has 1 heteroatoms. The molecule has 0 saturated heterocycles. The van der Waals surface area contributed by atoms with Crippen LogP contribution in [0, 0.1) is 0 Å². The molecule has 18 heavy (non-hydrogen) atoms. The van der Waals surface area contributed by atoms with Crippen molar-refractivity contribution in [2.75, 3.05) is 0 Å². The topological polar surface area (TPSA) is 9.23 Å². The van der Waals surface area contributed by atoms with Crippen LogP contribution in [0.4, 0.5) is 0 Å². The Labute approximate surface area is 109 Å². The third-order valence-corrected chi connectivity index (χ3v) is 2.73. The van der Waals surface area contributed by atoms with Crippen molar-refractivity contribution in [1.29, 1.82) is 0 Å². The molecule has 0 atom stereocenters. The lowest BCUT2D eigenvalue weighted by molar-refractivity contribution is 0.242. The molecule has 0 fully saturated rings. The van der Waals surface area contributed by atoms with E-state index >= 15 is 0 Å². The highest BCUT2D eigenvalue weighted by Crippen LogP contribution is 2.30. The van der Waals surface area contributed by atoms with Crippen molar-refractivity contribution in [3.05, 3.63) is 47.5 Å². The molecule has 0 aromatic heterocycles. The van der Waals surface area contributed by atoms with Crippen molar-refractivity contribution < 1.29 is 4.74 Å². The van der Waals surface area contributed by atoms with Gasteiger partial charge in [0.1, 0.15) is 5.75 Å². The summed E-state index contributed by atoms with van der Waals surface area (Å²) in [6.45, 7) is 8.34. The summed E-state index contributed by atoms with van der Waals surface area (Å²) in [5.41, 5.74) is 2.46. The lowest BCUT2D eigenvalue weighted by atomic mass is 10.0. The quantitative estimate of drug-likeness (QED) is 0.729. The molecule has 94 valence electrons. The lowest BCUT2D eigenvalue weighted by Gasteiger charge is -2.15. The smallest absolute Gasteiger partial charge is 0.127 e. The Morgan fingerprint density at radius 1 is 1.06 bits per heavy atom. The van der Waals surface area contributed by atoms with E-state index in [0.717, 1.165) is 5.75 Å². The number of fused-ring (bicyclic) bond motifs is 1. The van der Waals surface area contributed by atoms with E-state index in [1.807, 2.05) is 0 Å². The highest BCUT2D eigenvalue weighted by molar-refractivity contribution is 5.93. The first-order chi connectivity index (χ1) is 8.58. The van der Waals surface area contributed by atoms with E-state index in [1.165, 1.54) is 21.9 Å². The molecule has 0 N–H and O–H groups in total. The van der Waals surface area contributed by atoms with Crippen molar-refractivity contribution in [3.63, 3.8) is 0 Å². The molecule has 2 aromatic carbocycles. The fourth-order valence-corrected chi connectivity index (χ4v) is 2.07. The molecule has 0 amide bonds. The number of allylic oxidation sites excluding steroid dienone is 1. The van der Waals surface area contributed by atoms with Gasteiger partial charge >= 0.3 is 0 Å². The second-order valence-corrected chi connectivity index (χ2v) is 5.09. The van der Waals surface area contributed by atoms with Crippen LogP contribution in [0.5, 0.6) is 5.75 Å². The summed E-state index contributed by atoms with van der Waals surface area (Å²) in [4.78, 5) is 0. The summed E-state index contributed by atoms with van der Waals surface area (Å²) in [6.07, 6.45) is 2.38. The minimum atomic E-state index is 0.190. The zero-order chi connectivity index (χ0) is 13.1.